The van der Waals surface area contributed by atoms with Crippen molar-refractivity contribution in [2.45, 2.75) is 44.4 Å². The maximum atomic E-state index is 12.7. The Hall–Kier alpha value is -3.97. The molecule has 0 radical (unpaired) electrons. The SMILES string of the molecule is CC[C@H](OC(=O)c1ccccc1)[C@@H]1C[C@@H](OC(=O)c2ccccc2)[C@@H](OC(=O)c2ccccc2)O1. The monoisotopic (exact) mass is 474 g/mol. The van der Waals surface area contributed by atoms with Gasteiger partial charge in [-0.2, -0.15) is 0 Å². The standard InChI is InChI=1S/C28H26O7/c1-2-22(32-25(29)19-12-6-3-7-13-19)23-18-24(33-26(30)20-14-8-4-9-15-20)28(34-23)35-27(31)21-16-10-5-11-17-21/h3-17,22-24,28H,2,18H2,1H3/t22-,23-,24+,28+/m0/s1. The molecule has 0 saturated carbocycles. The van der Waals surface area contributed by atoms with E-state index in [2.05, 4.69) is 0 Å². The molecule has 0 aromatic heterocycles. The van der Waals surface area contributed by atoms with Gasteiger partial charge in [0.05, 0.1) is 16.7 Å². The highest BCUT2D eigenvalue weighted by atomic mass is 16.7. The summed E-state index contributed by atoms with van der Waals surface area (Å²) in [5.41, 5.74) is 1.13. The minimum absolute atomic E-state index is 0.200. The van der Waals surface area contributed by atoms with Gasteiger partial charge in [-0.1, -0.05) is 61.5 Å². The normalized spacial score (nSPS) is 20.0. The average Bonchev–Trinajstić information content (AvgIpc) is 3.30. The van der Waals surface area contributed by atoms with E-state index in [-0.39, 0.29) is 6.42 Å². The smallest absolute Gasteiger partial charge is 0.340 e. The Balaban J connectivity index is 1.49. The summed E-state index contributed by atoms with van der Waals surface area (Å²) in [5, 5.41) is 0. The number of carbonyl (C=O) groups is 3. The second kappa shape index (κ2) is 11.4. The van der Waals surface area contributed by atoms with Gasteiger partial charge in [-0.05, 0) is 42.8 Å². The van der Waals surface area contributed by atoms with E-state index in [4.69, 9.17) is 18.9 Å². The van der Waals surface area contributed by atoms with Crippen molar-refractivity contribution in [1.82, 2.24) is 0 Å². The van der Waals surface area contributed by atoms with Gasteiger partial charge in [0.2, 0.25) is 6.29 Å². The number of carbonyl (C=O) groups excluding carboxylic acids is 3. The summed E-state index contributed by atoms with van der Waals surface area (Å²) >= 11 is 0. The predicted octanol–water partition coefficient (Wildman–Crippen LogP) is 4.82. The first-order chi connectivity index (χ1) is 17.0. The van der Waals surface area contributed by atoms with Crippen LogP contribution in [0, 0.1) is 0 Å². The van der Waals surface area contributed by atoms with Gasteiger partial charge in [-0.15, -0.1) is 0 Å². The van der Waals surface area contributed by atoms with Crippen molar-refractivity contribution in [1.29, 1.82) is 0 Å². The Morgan fingerprint density at radius 2 is 1.20 bits per heavy atom. The van der Waals surface area contributed by atoms with Crippen LogP contribution in [0.3, 0.4) is 0 Å². The molecule has 7 nitrogen and oxygen atoms in total. The van der Waals surface area contributed by atoms with Crippen LogP contribution in [0.4, 0.5) is 0 Å². The van der Waals surface area contributed by atoms with Crippen LogP contribution in [-0.4, -0.2) is 42.5 Å². The van der Waals surface area contributed by atoms with Crippen LogP contribution in [0.25, 0.3) is 0 Å². The molecule has 1 saturated heterocycles. The lowest BCUT2D eigenvalue weighted by molar-refractivity contribution is -0.152. The minimum atomic E-state index is -1.15. The van der Waals surface area contributed by atoms with Gasteiger partial charge >= 0.3 is 17.9 Å². The molecule has 0 N–H and O–H groups in total. The van der Waals surface area contributed by atoms with E-state index in [0.717, 1.165) is 0 Å². The van der Waals surface area contributed by atoms with Gasteiger partial charge in [0, 0.05) is 6.42 Å². The molecule has 3 aromatic carbocycles. The molecule has 0 spiro atoms. The molecule has 4 atom stereocenters. The van der Waals surface area contributed by atoms with E-state index in [1.54, 1.807) is 84.9 Å². The number of hydrogen-bond acceptors (Lipinski definition) is 7. The van der Waals surface area contributed by atoms with Crippen molar-refractivity contribution in [2.75, 3.05) is 0 Å². The van der Waals surface area contributed by atoms with Crippen LogP contribution in [0.15, 0.2) is 91.0 Å². The zero-order valence-corrected chi connectivity index (χ0v) is 19.2. The molecular weight excluding hydrogens is 448 g/mol. The number of ether oxygens (including phenoxy) is 4. The maximum absolute atomic E-state index is 12.7. The molecule has 0 aliphatic carbocycles. The Kier molecular flexibility index (Phi) is 7.90. The second-order valence-electron chi connectivity index (χ2n) is 8.08. The summed E-state index contributed by atoms with van der Waals surface area (Å²) in [6.07, 6.45) is -2.61. The summed E-state index contributed by atoms with van der Waals surface area (Å²) in [4.78, 5) is 38.0. The Morgan fingerprint density at radius 1 is 0.743 bits per heavy atom. The summed E-state index contributed by atoms with van der Waals surface area (Å²) in [5.74, 6) is -1.65. The van der Waals surface area contributed by atoms with E-state index >= 15 is 0 Å². The van der Waals surface area contributed by atoms with Gasteiger partial charge in [0.1, 0.15) is 12.2 Å². The van der Waals surface area contributed by atoms with Crippen LogP contribution in [0.2, 0.25) is 0 Å². The molecule has 1 heterocycles. The molecular formula is C28H26O7. The molecule has 4 rings (SSSR count). The topological polar surface area (TPSA) is 88.1 Å². The summed E-state index contributed by atoms with van der Waals surface area (Å²) in [7, 11) is 0. The third kappa shape index (κ3) is 6.13. The number of rotatable bonds is 8. The lowest BCUT2D eigenvalue weighted by atomic mass is 10.1. The van der Waals surface area contributed by atoms with Crippen LogP contribution in [0.5, 0.6) is 0 Å². The predicted molar refractivity (Wildman–Crippen MR) is 127 cm³/mol. The number of hydrogen-bond donors (Lipinski definition) is 0. The molecule has 0 bridgehead atoms. The molecule has 0 unspecified atom stereocenters. The molecule has 3 aromatic rings. The zero-order valence-electron chi connectivity index (χ0n) is 19.2. The highest BCUT2D eigenvalue weighted by Gasteiger charge is 2.45. The Morgan fingerprint density at radius 3 is 1.69 bits per heavy atom. The molecule has 1 aliphatic rings. The number of benzene rings is 3. The van der Waals surface area contributed by atoms with Crippen molar-refractivity contribution in [2.24, 2.45) is 0 Å². The van der Waals surface area contributed by atoms with Crippen LogP contribution >= 0.6 is 0 Å². The lowest BCUT2D eigenvalue weighted by Gasteiger charge is -2.22. The van der Waals surface area contributed by atoms with Gasteiger partial charge in [-0.25, -0.2) is 14.4 Å². The highest BCUT2D eigenvalue weighted by molar-refractivity contribution is 5.90. The molecule has 0 amide bonds. The molecule has 1 aliphatic heterocycles. The highest BCUT2D eigenvalue weighted by Crippen LogP contribution is 2.30. The fraction of sp³-hybridized carbons (Fsp3) is 0.250. The summed E-state index contributed by atoms with van der Waals surface area (Å²) < 4.78 is 23.0. The maximum Gasteiger partial charge on any atom is 0.340 e. The third-order valence-electron chi connectivity index (χ3n) is 5.66. The fourth-order valence-electron chi connectivity index (χ4n) is 3.83. The van der Waals surface area contributed by atoms with Gasteiger partial charge in [0.15, 0.2) is 6.10 Å². The Bertz CT molecular complexity index is 1070. The summed E-state index contributed by atoms with van der Waals surface area (Å²) in [6, 6.07) is 25.6. The molecule has 1 fully saturated rings. The van der Waals surface area contributed by atoms with Gasteiger partial charge < -0.3 is 18.9 Å². The largest absolute Gasteiger partial charge is 0.456 e. The second-order valence-corrected chi connectivity index (χ2v) is 8.08. The van der Waals surface area contributed by atoms with Gasteiger partial charge in [-0.3, -0.25) is 0 Å². The first-order valence-electron chi connectivity index (χ1n) is 11.5. The van der Waals surface area contributed by atoms with Crippen molar-refractivity contribution in [3.8, 4) is 0 Å². The quantitative estimate of drug-likeness (QED) is 0.342. The van der Waals surface area contributed by atoms with Crippen molar-refractivity contribution >= 4 is 17.9 Å². The molecule has 7 heteroatoms. The first-order valence-corrected chi connectivity index (χ1v) is 11.5. The van der Waals surface area contributed by atoms with E-state index in [1.807, 2.05) is 13.0 Å². The van der Waals surface area contributed by atoms with Gasteiger partial charge in [0.25, 0.3) is 0 Å². The van der Waals surface area contributed by atoms with Crippen molar-refractivity contribution in [3.63, 3.8) is 0 Å². The van der Waals surface area contributed by atoms with E-state index in [0.29, 0.717) is 23.1 Å². The number of esters is 3. The van der Waals surface area contributed by atoms with Crippen LogP contribution < -0.4 is 0 Å². The minimum Gasteiger partial charge on any atom is -0.456 e. The van der Waals surface area contributed by atoms with Crippen molar-refractivity contribution in [3.05, 3.63) is 108 Å². The Labute approximate surface area is 203 Å². The summed E-state index contributed by atoms with van der Waals surface area (Å²) in [6.45, 7) is 1.86. The fourth-order valence-corrected chi connectivity index (χ4v) is 3.83. The van der Waals surface area contributed by atoms with E-state index in [9.17, 15) is 14.4 Å². The van der Waals surface area contributed by atoms with Crippen LogP contribution in [0.1, 0.15) is 50.8 Å². The van der Waals surface area contributed by atoms with E-state index < -0.39 is 42.5 Å². The molecule has 35 heavy (non-hydrogen) atoms. The van der Waals surface area contributed by atoms with Crippen LogP contribution in [-0.2, 0) is 18.9 Å². The first kappa shape index (κ1) is 24.2. The van der Waals surface area contributed by atoms with E-state index in [1.165, 1.54) is 0 Å². The zero-order chi connectivity index (χ0) is 24.6. The average molecular weight is 475 g/mol. The molecule has 180 valence electrons. The van der Waals surface area contributed by atoms with Crippen molar-refractivity contribution < 1.29 is 33.3 Å². The lowest BCUT2D eigenvalue weighted by Crippen LogP contribution is -2.32. The third-order valence-corrected chi connectivity index (χ3v) is 5.66.